The molecule has 2 N–H and O–H groups in total. The number of carbonyl (C=O) groups is 2. The van der Waals surface area contributed by atoms with Gasteiger partial charge in [0.2, 0.25) is 0 Å². The van der Waals surface area contributed by atoms with Crippen LogP contribution in [0, 0.1) is 0 Å². The molecule has 0 spiro atoms. The number of imide groups is 1. The molecular weight excluding hydrogens is 504 g/mol. The first kappa shape index (κ1) is 21.1. The lowest BCUT2D eigenvalue weighted by Crippen LogP contribution is -2.47. The molecule has 174 valence electrons. The Morgan fingerprint density at radius 2 is 1.57 bits per heavy atom. The van der Waals surface area contributed by atoms with Gasteiger partial charge in [-0.25, -0.2) is 0 Å². The van der Waals surface area contributed by atoms with Gasteiger partial charge >= 0.3 is 0 Å². The van der Waals surface area contributed by atoms with Gasteiger partial charge in [-0.15, -0.1) is 0 Å². The lowest BCUT2D eigenvalue weighted by molar-refractivity contribution is 0.0635. The van der Waals surface area contributed by atoms with Crippen LogP contribution in [0.5, 0.6) is 0 Å². The maximum absolute atomic E-state index is 14.0. The Labute approximate surface area is 210 Å². The summed E-state index contributed by atoms with van der Waals surface area (Å²) >= 11 is 3.59. The number of piperazine rings is 1. The largest absolute Gasteiger partial charge is 0.354 e. The number of rotatable bonds is 3. The highest BCUT2D eigenvalue weighted by atomic mass is 79.9. The van der Waals surface area contributed by atoms with Gasteiger partial charge in [0.05, 0.1) is 16.6 Å². The number of fused-ring (bicyclic) bond motifs is 10. The lowest BCUT2D eigenvalue weighted by atomic mass is 9.91. The van der Waals surface area contributed by atoms with Crippen LogP contribution in [-0.2, 0) is 0 Å². The molecule has 1 fully saturated rings. The smallest absolute Gasteiger partial charge is 0.262 e. The van der Waals surface area contributed by atoms with E-state index >= 15 is 0 Å². The average molecular weight is 527 g/mol. The van der Waals surface area contributed by atoms with Crippen LogP contribution >= 0.6 is 15.9 Å². The Hall–Kier alpha value is -3.26. The molecule has 2 amide bonds. The molecule has 1 aromatic heterocycles. The van der Waals surface area contributed by atoms with Crippen LogP contribution in [0.25, 0.3) is 43.4 Å². The molecule has 0 unspecified atom stereocenters. The Kier molecular flexibility index (Phi) is 4.74. The first-order chi connectivity index (χ1) is 17.1. The third-order valence-corrected chi connectivity index (χ3v) is 7.97. The summed E-state index contributed by atoms with van der Waals surface area (Å²) in [7, 11) is 0. The van der Waals surface area contributed by atoms with Gasteiger partial charge in [0.25, 0.3) is 11.8 Å². The second-order valence-corrected chi connectivity index (χ2v) is 10.3. The Balaban J connectivity index is 1.51. The van der Waals surface area contributed by atoms with E-state index in [4.69, 9.17) is 0 Å². The van der Waals surface area contributed by atoms with Crippen molar-refractivity contribution >= 4 is 71.1 Å². The zero-order valence-corrected chi connectivity index (χ0v) is 20.6. The van der Waals surface area contributed by atoms with Crippen LogP contribution in [-0.4, -0.2) is 65.9 Å². The Morgan fingerprint density at radius 1 is 0.800 bits per heavy atom. The SMILES string of the molecule is O=C1c2c(c3c4cc(Br)ccc4[nH]c3c3ccc4ccccc4c23)C(=O)N1CCN1CCNCC1. The van der Waals surface area contributed by atoms with Gasteiger partial charge in [-0.2, -0.15) is 0 Å². The lowest BCUT2D eigenvalue weighted by Gasteiger charge is -2.28. The molecule has 0 saturated carbocycles. The van der Waals surface area contributed by atoms with Crippen molar-refractivity contribution in [2.45, 2.75) is 0 Å². The van der Waals surface area contributed by atoms with Crippen molar-refractivity contribution in [3.8, 4) is 0 Å². The van der Waals surface area contributed by atoms with E-state index in [1.807, 2.05) is 36.4 Å². The molecule has 3 heterocycles. The number of carbonyl (C=O) groups excluding carboxylic acids is 2. The highest BCUT2D eigenvalue weighted by Crippen LogP contribution is 2.44. The molecule has 4 aromatic carbocycles. The molecule has 6 nitrogen and oxygen atoms in total. The van der Waals surface area contributed by atoms with Gasteiger partial charge in [0.15, 0.2) is 0 Å². The second-order valence-electron chi connectivity index (χ2n) is 9.38. The van der Waals surface area contributed by atoms with Crippen molar-refractivity contribution in [2.75, 3.05) is 39.3 Å². The van der Waals surface area contributed by atoms with Crippen LogP contribution in [0.1, 0.15) is 20.7 Å². The number of hydrogen-bond acceptors (Lipinski definition) is 4. The van der Waals surface area contributed by atoms with E-state index < -0.39 is 0 Å². The predicted molar refractivity (Wildman–Crippen MR) is 143 cm³/mol. The second kappa shape index (κ2) is 7.88. The van der Waals surface area contributed by atoms with Crippen molar-refractivity contribution < 1.29 is 9.59 Å². The fourth-order valence-electron chi connectivity index (χ4n) is 5.79. The standard InChI is InChI=1S/C28H23BrN4O2/c29-17-6-8-21-20(15-17)23-25-24(27(34)33(28(25)35)14-13-32-11-9-30-10-12-32)22-18-4-2-1-3-16(18)5-7-19(22)26(23)31-21/h1-8,15,30-31H,9-14H2. The summed E-state index contributed by atoms with van der Waals surface area (Å²) in [6.45, 7) is 4.81. The summed E-state index contributed by atoms with van der Waals surface area (Å²) in [5.74, 6) is -0.381. The quantitative estimate of drug-likeness (QED) is 0.259. The van der Waals surface area contributed by atoms with E-state index in [0.717, 1.165) is 74.0 Å². The summed E-state index contributed by atoms with van der Waals surface area (Å²) < 4.78 is 0.936. The molecule has 0 radical (unpaired) electrons. The van der Waals surface area contributed by atoms with E-state index in [1.54, 1.807) is 0 Å². The van der Waals surface area contributed by atoms with Gasteiger partial charge in [-0.3, -0.25) is 19.4 Å². The normalized spacial score (nSPS) is 16.9. The molecule has 7 rings (SSSR count). The number of halogens is 1. The number of aromatic amines is 1. The number of aromatic nitrogens is 1. The number of H-pyrrole nitrogens is 1. The number of nitrogens with one attached hydrogen (secondary N) is 2. The minimum atomic E-state index is -0.194. The molecule has 0 atom stereocenters. The molecule has 5 aromatic rings. The predicted octanol–water partition coefficient (Wildman–Crippen LogP) is 4.89. The average Bonchev–Trinajstić information content (AvgIpc) is 3.37. The minimum Gasteiger partial charge on any atom is -0.354 e. The summed E-state index contributed by atoms with van der Waals surface area (Å²) in [5, 5.41) is 9.02. The molecule has 1 saturated heterocycles. The molecule has 2 aliphatic heterocycles. The topological polar surface area (TPSA) is 68.4 Å². The highest BCUT2D eigenvalue weighted by Gasteiger charge is 2.40. The van der Waals surface area contributed by atoms with Crippen molar-refractivity contribution in [3.05, 3.63) is 70.2 Å². The van der Waals surface area contributed by atoms with E-state index in [-0.39, 0.29) is 11.8 Å². The monoisotopic (exact) mass is 526 g/mol. The Bertz CT molecular complexity index is 1700. The minimum absolute atomic E-state index is 0.187. The zero-order valence-electron chi connectivity index (χ0n) is 19.0. The Morgan fingerprint density at radius 3 is 2.40 bits per heavy atom. The maximum atomic E-state index is 14.0. The van der Waals surface area contributed by atoms with E-state index in [9.17, 15) is 9.59 Å². The zero-order chi connectivity index (χ0) is 23.7. The van der Waals surface area contributed by atoms with Crippen molar-refractivity contribution in [3.63, 3.8) is 0 Å². The number of benzene rings is 4. The van der Waals surface area contributed by atoms with Crippen molar-refractivity contribution in [2.24, 2.45) is 0 Å². The number of nitrogens with zero attached hydrogens (tertiary/aromatic N) is 2. The van der Waals surface area contributed by atoms with Crippen LogP contribution in [0.2, 0.25) is 0 Å². The van der Waals surface area contributed by atoms with Crippen molar-refractivity contribution in [1.29, 1.82) is 0 Å². The van der Waals surface area contributed by atoms with Crippen molar-refractivity contribution in [1.82, 2.24) is 20.1 Å². The molecule has 0 aliphatic carbocycles. The number of hydrogen-bond donors (Lipinski definition) is 2. The molecular formula is C28H23BrN4O2. The van der Waals surface area contributed by atoms with Gasteiger partial charge < -0.3 is 10.3 Å². The molecule has 7 heteroatoms. The van der Waals surface area contributed by atoms with Crippen LogP contribution in [0.3, 0.4) is 0 Å². The van der Waals surface area contributed by atoms with Crippen LogP contribution in [0.15, 0.2) is 59.1 Å². The summed E-state index contributed by atoms with van der Waals surface area (Å²) in [6.07, 6.45) is 0. The third-order valence-electron chi connectivity index (χ3n) is 7.48. The molecule has 0 bridgehead atoms. The van der Waals surface area contributed by atoms with Crippen LogP contribution < -0.4 is 5.32 Å². The fourth-order valence-corrected chi connectivity index (χ4v) is 6.16. The van der Waals surface area contributed by atoms with Gasteiger partial charge in [0, 0.05) is 70.8 Å². The van der Waals surface area contributed by atoms with E-state index in [2.05, 4.69) is 49.3 Å². The summed E-state index contributed by atoms with van der Waals surface area (Å²) in [6, 6.07) is 18.3. The fraction of sp³-hybridized carbons (Fsp3) is 0.214. The first-order valence-corrected chi connectivity index (χ1v) is 12.8. The molecule has 2 aliphatic rings. The van der Waals surface area contributed by atoms with Gasteiger partial charge in [-0.05, 0) is 29.0 Å². The number of amides is 2. The maximum Gasteiger partial charge on any atom is 0.262 e. The highest BCUT2D eigenvalue weighted by molar-refractivity contribution is 9.10. The summed E-state index contributed by atoms with van der Waals surface area (Å²) in [5.41, 5.74) is 2.92. The van der Waals surface area contributed by atoms with Crippen LogP contribution in [0.4, 0.5) is 0 Å². The van der Waals surface area contributed by atoms with Gasteiger partial charge in [-0.1, -0.05) is 52.3 Å². The molecule has 35 heavy (non-hydrogen) atoms. The van der Waals surface area contributed by atoms with Gasteiger partial charge in [0.1, 0.15) is 0 Å². The van der Waals surface area contributed by atoms with E-state index in [1.165, 1.54) is 4.90 Å². The summed E-state index contributed by atoms with van der Waals surface area (Å²) in [4.78, 5) is 35.2. The first-order valence-electron chi connectivity index (χ1n) is 12.0. The van der Waals surface area contributed by atoms with E-state index in [0.29, 0.717) is 24.2 Å². The third kappa shape index (κ3) is 3.08.